The largest absolute Gasteiger partial charge is 0.513 e. The molecular weight excluding hydrogens is 184 g/mol. The standard InChI is InChI=1S/C10H18O2S/c1-4-8(2)10(12)13-7-5-6-9(3)11/h11-12H,3-7H2,1-2H3/b10-8-. The van der Waals surface area contributed by atoms with Gasteiger partial charge in [-0.3, -0.25) is 0 Å². The van der Waals surface area contributed by atoms with Crippen molar-refractivity contribution in [2.24, 2.45) is 0 Å². The Morgan fingerprint density at radius 3 is 2.46 bits per heavy atom. The molecule has 0 aliphatic carbocycles. The van der Waals surface area contributed by atoms with Crippen LogP contribution in [0.4, 0.5) is 0 Å². The van der Waals surface area contributed by atoms with E-state index in [0.717, 1.165) is 24.2 Å². The Balaban J connectivity index is 3.59. The van der Waals surface area contributed by atoms with Crippen LogP contribution in [0.5, 0.6) is 0 Å². The van der Waals surface area contributed by atoms with Crippen molar-refractivity contribution in [2.75, 3.05) is 5.75 Å². The van der Waals surface area contributed by atoms with E-state index in [2.05, 4.69) is 6.58 Å². The van der Waals surface area contributed by atoms with Crippen molar-refractivity contribution in [1.82, 2.24) is 0 Å². The topological polar surface area (TPSA) is 40.5 Å². The molecule has 13 heavy (non-hydrogen) atoms. The fourth-order valence-electron chi connectivity index (χ4n) is 0.719. The molecule has 0 aliphatic rings. The van der Waals surface area contributed by atoms with Gasteiger partial charge in [-0.1, -0.05) is 25.3 Å². The van der Waals surface area contributed by atoms with E-state index in [9.17, 15) is 5.11 Å². The van der Waals surface area contributed by atoms with E-state index in [4.69, 9.17) is 5.11 Å². The molecule has 2 N–H and O–H groups in total. The summed E-state index contributed by atoms with van der Waals surface area (Å²) in [7, 11) is 0. The predicted octanol–water partition coefficient (Wildman–Crippen LogP) is 3.77. The van der Waals surface area contributed by atoms with Crippen molar-refractivity contribution in [3.63, 3.8) is 0 Å². The minimum absolute atomic E-state index is 0.219. The van der Waals surface area contributed by atoms with Gasteiger partial charge in [-0.2, -0.15) is 0 Å². The van der Waals surface area contributed by atoms with Gasteiger partial charge in [0.05, 0.1) is 5.76 Å². The van der Waals surface area contributed by atoms with E-state index in [-0.39, 0.29) is 5.76 Å². The van der Waals surface area contributed by atoms with Crippen LogP contribution in [0.2, 0.25) is 0 Å². The zero-order valence-electron chi connectivity index (χ0n) is 8.34. The molecule has 76 valence electrons. The van der Waals surface area contributed by atoms with E-state index < -0.39 is 0 Å². The molecule has 0 aromatic carbocycles. The second kappa shape index (κ2) is 6.89. The summed E-state index contributed by atoms with van der Waals surface area (Å²) >= 11 is 1.43. The van der Waals surface area contributed by atoms with Crippen LogP contribution in [-0.2, 0) is 0 Å². The van der Waals surface area contributed by atoms with Gasteiger partial charge in [0.15, 0.2) is 0 Å². The van der Waals surface area contributed by atoms with E-state index >= 15 is 0 Å². The van der Waals surface area contributed by atoms with Gasteiger partial charge >= 0.3 is 0 Å². The number of thioether (sulfide) groups is 1. The number of hydrogen-bond donors (Lipinski definition) is 2. The van der Waals surface area contributed by atoms with Crippen molar-refractivity contribution in [3.05, 3.63) is 23.0 Å². The molecular formula is C10H18O2S. The van der Waals surface area contributed by atoms with Crippen molar-refractivity contribution in [1.29, 1.82) is 0 Å². The fraction of sp³-hybridized carbons (Fsp3) is 0.600. The Bertz CT molecular complexity index is 197. The first-order chi connectivity index (χ1) is 6.07. The maximum atomic E-state index is 9.44. The van der Waals surface area contributed by atoms with Gasteiger partial charge in [-0.25, -0.2) is 0 Å². The van der Waals surface area contributed by atoms with Crippen LogP contribution >= 0.6 is 11.8 Å². The van der Waals surface area contributed by atoms with Gasteiger partial charge < -0.3 is 10.2 Å². The lowest BCUT2D eigenvalue weighted by Crippen LogP contribution is -1.87. The monoisotopic (exact) mass is 202 g/mol. The second-order valence-electron chi connectivity index (χ2n) is 2.96. The summed E-state index contributed by atoms with van der Waals surface area (Å²) in [5.74, 6) is 1.04. The lowest BCUT2D eigenvalue weighted by Gasteiger charge is -2.03. The summed E-state index contributed by atoms with van der Waals surface area (Å²) in [6.45, 7) is 7.33. The third kappa shape index (κ3) is 6.58. The zero-order chi connectivity index (χ0) is 10.3. The third-order valence-corrected chi connectivity index (χ3v) is 2.86. The quantitative estimate of drug-likeness (QED) is 0.509. The summed E-state index contributed by atoms with van der Waals surface area (Å²) < 4.78 is 0. The van der Waals surface area contributed by atoms with Crippen LogP contribution in [0.25, 0.3) is 0 Å². The summed E-state index contributed by atoms with van der Waals surface area (Å²) in [5.41, 5.74) is 1.02. The zero-order valence-corrected chi connectivity index (χ0v) is 9.15. The van der Waals surface area contributed by atoms with Crippen molar-refractivity contribution >= 4 is 11.8 Å². The number of allylic oxidation sites excluding steroid dienone is 2. The van der Waals surface area contributed by atoms with Crippen molar-refractivity contribution in [2.45, 2.75) is 33.1 Å². The van der Waals surface area contributed by atoms with Gasteiger partial charge in [0.1, 0.15) is 5.09 Å². The molecule has 0 saturated heterocycles. The lowest BCUT2D eigenvalue weighted by atomic mass is 10.3. The minimum Gasteiger partial charge on any atom is -0.513 e. The minimum atomic E-state index is 0.219. The van der Waals surface area contributed by atoms with Crippen molar-refractivity contribution < 1.29 is 10.2 Å². The SMILES string of the molecule is C=C(O)CCCS/C(O)=C(/C)CC. The first-order valence-corrected chi connectivity index (χ1v) is 5.44. The number of aliphatic hydroxyl groups excluding tert-OH is 2. The Labute approximate surface area is 84.4 Å². The molecule has 0 spiro atoms. The average molecular weight is 202 g/mol. The molecule has 0 unspecified atom stereocenters. The molecule has 0 fully saturated rings. The fourth-order valence-corrected chi connectivity index (χ4v) is 1.59. The van der Waals surface area contributed by atoms with E-state index in [0.29, 0.717) is 11.5 Å². The van der Waals surface area contributed by atoms with Gasteiger partial charge in [-0.15, -0.1) is 0 Å². The van der Waals surface area contributed by atoms with E-state index in [1.165, 1.54) is 11.8 Å². The Morgan fingerprint density at radius 2 is 2.00 bits per heavy atom. The molecule has 0 heterocycles. The van der Waals surface area contributed by atoms with E-state index in [1.807, 2.05) is 13.8 Å². The normalized spacial score (nSPS) is 12.5. The molecule has 0 atom stereocenters. The average Bonchev–Trinajstić information content (AvgIpc) is 2.10. The molecule has 0 bridgehead atoms. The Kier molecular flexibility index (Phi) is 6.59. The van der Waals surface area contributed by atoms with Crippen LogP contribution < -0.4 is 0 Å². The summed E-state index contributed by atoms with van der Waals surface area (Å²) in [6.07, 6.45) is 2.35. The number of aliphatic hydroxyl groups is 2. The van der Waals surface area contributed by atoms with Gasteiger partial charge in [0, 0.05) is 12.2 Å². The van der Waals surface area contributed by atoms with E-state index in [1.54, 1.807) is 0 Å². The van der Waals surface area contributed by atoms with Crippen molar-refractivity contribution in [3.8, 4) is 0 Å². The Hall–Kier alpha value is -0.570. The summed E-state index contributed by atoms with van der Waals surface area (Å²) in [5, 5.41) is 18.7. The highest BCUT2D eigenvalue weighted by atomic mass is 32.2. The van der Waals surface area contributed by atoms with Gasteiger partial charge in [-0.05, 0) is 25.3 Å². The van der Waals surface area contributed by atoms with Crippen LogP contribution in [0, 0.1) is 0 Å². The number of hydrogen-bond acceptors (Lipinski definition) is 3. The maximum absolute atomic E-state index is 9.44. The van der Waals surface area contributed by atoms with Crippen LogP contribution in [0.1, 0.15) is 33.1 Å². The molecule has 0 rings (SSSR count). The van der Waals surface area contributed by atoms with Crippen LogP contribution in [0.15, 0.2) is 23.0 Å². The molecule has 2 nitrogen and oxygen atoms in total. The number of rotatable bonds is 6. The molecule has 0 aromatic heterocycles. The summed E-state index contributed by atoms with van der Waals surface area (Å²) in [6, 6.07) is 0. The summed E-state index contributed by atoms with van der Waals surface area (Å²) in [4.78, 5) is 0. The molecule has 0 aromatic rings. The Morgan fingerprint density at radius 1 is 1.38 bits per heavy atom. The molecule has 0 aliphatic heterocycles. The molecule has 3 heteroatoms. The highest BCUT2D eigenvalue weighted by Gasteiger charge is 1.99. The highest BCUT2D eigenvalue weighted by Crippen LogP contribution is 2.20. The van der Waals surface area contributed by atoms with Gasteiger partial charge in [0.2, 0.25) is 0 Å². The molecule has 0 radical (unpaired) electrons. The lowest BCUT2D eigenvalue weighted by molar-refractivity contribution is 0.390. The first kappa shape index (κ1) is 12.4. The van der Waals surface area contributed by atoms with Crippen LogP contribution in [0.3, 0.4) is 0 Å². The second-order valence-corrected chi connectivity index (χ2v) is 4.04. The predicted molar refractivity (Wildman–Crippen MR) is 59.1 cm³/mol. The van der Waals surface area contributed by atoms with Gasteiger partial charge in [0.25, 0.3) is 0 Å². The third-order valence-electron chi connectivity index (χ3n) is 1.74. The first-order valence-electron chi connectivity index (χ1n) is 4.46. The van der Waals surface area contributed by atoms with Crippen LogP contribution in [-0.4, -0.2) is 16.0 Å². The smallest absolute Gasteiger partial charge is 0.148 e. The maximum Gasteiger partial charge on any atom is 0.148 e. The highest BCUT2D eigenvalue weighted by molar-refractivity contribution is 8.02. The molecule has 0 amide bonds. The molecule has 0 saturated carbocycles.